The molecule has 0 fully saturated rings. The van der Waals surface area contributed by atoms with E-state index >= 15 is 0 Å². The molecule has 0 saturated carbocycles. The fourth-order valence-corrected chi connectivity index (χ4v) is 2.57. The van der Waals surface area contributed by atoms with Gasteiger partial charge < -0.3 is 9.15 Å². The van der Waals surface area contributed by atoms with E-state index in [2.05, 4.69) is 38.3 Å². The number of benzene rings is 1. The first kappa shape index (κ1) is 14.1. The molecule has 2 rings (SSSR count). The van der Waals surface area contributed by atoms with Gasteiger partial charge >= 0.3 is 5.89 Å². The molecule has 0 bridgehead atoms. The summed E-state index contributed by atoms with van der Waals surface area (Å²) in [7, 11) is 0. The molecule has 1 aromatic carbocycles. The Morgan fingerprint density at radius 2 is 1.74 bits per heavy atom. The Balaban J connectivity index is 2.62. The topological polar surface area (TPSA) is 26.2 Å². The Morgan fingerprint density at radius 1 is 1.11 bits per heavy atom. The average Bonchev–Trinajstić information content (AvgIpc) is 2.67. The zero-order valence-electron chi connectivity index (χ0n) is 12.7. The van der Waals surface area contributed by atoms with E-state index in [0.717, 1.165) is 17.0 Å². The molecule has 19 heavy (non-hydrogen) atoms. The smallest absolute Gasteiger partial charge is 0.380 e. The van der Waals surface area contributed by atoms with Crippen molar-refractivity contribution in [2.75, 3.05) is 0 Å². The molecule has 0 unspecified atom stereocenters. The maximum absolute atomic E-state index is 6.06. The Labute approximate surface area is 115 Å². The van der Waals surface area contributed by atoms with E-state index in [4.69, 9.17) is 9.15 Å². The van der Waals surface area contributed by atoms with Gasteiger partial charge in [0.25, 0.3) is 5.52 Å². The average molecular weight is 262 g/mol. The number of aromatic nitrogens is 1. The van der Waals surface area contributed by atoms with Gasteiger partial charge in [-0.3, -0.25) is 0 Å². The van der Waals surface area contributed by atoms with Gasteiger partial charge in [0, 0.05) is 6.07 Å². The molecule has 0 spiro atoms. The van der Waals surface area contributed by atoms with Gasteiger partial charge in [0.05, 0.1) is 6.10 Å². The van der Waals surface area contributed by atoms with Gasteiger partial charge in [-0.25, -0.2) is 0 Å². The van der Waals surface area contributed by atoms with Crippen LogP contribution in [0.25, 0.3) is 11.1 Å². The van der Waals surface area contributed by atoms with Gasteiger partial charge in [-0.15, -0.1) is 0 Å². The van der Waals surface area contributed by atoms with Crippen molar-refractivity contribution in [3.8, 4) is 0 Å². The minimum Gasteiger partial charge on any atom is -0.399 e. The Kier molecular flexibility index (Phi) is 3.68. The van der Waals surface area contributed by atoms with Crippen LogP contribution in [0.4, 0.5) is 0 Å². The standard InChI is InChI=1S/C16H24NO2/c1-11(2)17-13-9-7-8-10-14(13)18-15(17)16(5,6)19-12(3)4/h7-12H,1-6H3/q+1. The molecule has 2 aromatic rings. The maximum Gasteiger partial charge on any atom is 0.380 e. The van der Waals surface area contributed by atoms with Crippen LogP contribution < -0.4 is 4.57 Å². The zero-order valence-corrected chi connectivity index (χ0v) is 12.7. The van der Waals surface area contributed by atoms with Crippen molar-refractivity contribution in [3.05, 3.63) is 30.2 Å². The molecule has 0 radical (unpaired) electrons. The van der Waals surface area contributed by atoms with Crippen LogP contribution in [0.1, 0.15) is 53.5 Å². The predicted molar refractivity (Wildman–Crippen MR) is 76.0 cm³/mol. The first-order chi connectivity index (χ1) is 8.83. The Bertz CT molecular complexity index is 567. The summed E-state index contributed by atoms with van der Waals surface area (Å²) in [6.07, 6.45) is 0.156. The highest BCUT2D eigenvalue weighted by Gasteiger charge is 2.39. The van der Waals surface area contributed by atoms with Crippen molar-refractivity contribution in [2.45, 2.75) is 59.3 Å². The van der Waals surface area contributed by atoms with E-state index in [1.165, 1.54) is 0 Å². The zero-order chi connectivity index (χ0) is 14.2. The van der Waals surface area contributed by atoms with Gasteiger partial charge in [0.1, 0.15) is 0 Å². The second kappa shape index (κ2) is 4.97. The molecule has 0 aliphatic carbocycles. The SMILES string of the molecule is CC(C)OC(C)(C)c1oc2ccccc2[n+]1C(C)C. The maximum atomic E-state index is 6.06. The van der Waals surface area contributed by atoms with Crippen molar-refractivity contribution in [2.24, 2.45) is 0 Å². The van der Waals surface area contributed by atoms with Gasteiger partial charge in [0.15, 0.2) is 11.6 Å². The van der Waals surface area contributed by atoms with E-state index in [1.807, 2.05) is 32.0 Å². The van der Waals surface area contributed by atoms with Crippen molar-refractivity contribution >= 4 is 11.1 Å². The number of nitrogens with zero attached hydrogens (tertiary/aromatic N) is 1. The van der Waals surface area contributed by atoms with Gasteiger partial charge in [-0.1, -0.05) is 12.1 Å². The van der Waals surface area contributed by atoms with E-state index in [1.54, 1.807) is 0 Å². The number of para-hydroxylation sites is 2. The lowest BCUT2D eigenvalue weighted by Crippen LogP contribution is -2.45. The summed E-state index contributed by atoms with van der Waals surface area (Å²) >= 11 is 0. The van der Waals surface area contributed by atoms with Crippen LogP contribution in [-0.4, -0.2) is 6.10 Å². The summed E-state index contributed by atoms with van der Waals surface area (Å²) in [6, 6.07) is 8.46. The first-order valence-corrected chi connectivity index (χ1v) is 6.94. The summed E-state index contributed by atoms with van der Waals surface area (Å²) in [5, 5.41) is 0. The van der Waals surface area contributed by atoms with Crippen LogP contribution >= 0.6 is 0 Å². The molecule has 0 atom stereocenters. The minimum atomic E-state index is -0.447. The Hall–Kier alpha value is -1.35. The molecule has 3 heteroatoms. The molecular weight excluding hydrogens is 238 g/mol. The van der Waals surface area contributed by atoms with Crippen molar-refractivity contribution in [1.29, 1.82) is 0 Å². The third kappa shape index (κ3) is 2.66. The lowest BCUT2D eigenvalue weighted by atomic mass is 10.1. The van der Waals surface area contributed by atoms with Crippen molar-refractivity contribution in [1.82, 2.24) is 0 Å². The molecule has 0 amide bonds. The fourth-order valence-electron chi connectivity index (χ4n) is 2.57. The highest BCUT2D eigenvalue weighted by molar-refractivity contribution is 5.68. The molecule has 0 aliphatic rings. The number of ether oxygens (including phenoxy) is 1. The molecule has 1 heterocycles. The third-order valence-electron chi connectivity index (χ3n) is 3.11. The monoisotopic (exact) mass is 262 g/mol. The summed E-state index contributed by atoms with van der Waals surface area (Å²) in [5.41, 5.74) is 1.58. The van der Waals surface area contributed by atoms with Gasteiger partial charge in [0.2, 0.25) is 5.58 Å². The molecule has 1 aromatic heterocycles. The highest BCUT2D eigenvalue weighted by atomic mass is 16.5. The summed E-state index contributed by atoms with van der Waals surface area (Å²) < 4.78 is 14.3. The van der Waals surface area contributed by atoms with Crippen LogP contribution in [0.5, 0.6) is 0 Å². The van der Waals surface area contributed by atoms with Crippen LogP contribution in [0.3, 0.4) is 0 Å². The molecule has 3 nitrogen and oxygen atoms in total. The lowest BCUT2D eigenvalue weighted by Gasteiger charge is -2.22. The van der Waals surface area contributed by atoms with E-state index in [9.17, 15) is 0 Å². The van der Waals surface area contributed by atoms with Crippen LogP contribution in [0.15, 0.2) is 28.7 Å². The number of hydrogen-bond acceptors (Lipinski definition) is 2. The molecular formula is C16H24NO2+. The molecule has 0 saturated heterocycles. The quantitative estimate of drug-likeness (QED) is 0.779. The van der Waals surface area contributed by atoms with Crippen molar-refractivity contribution in [3.63, 3.8) is 0 Å². The van der Waals surface area contributed by atoms with Crippen LogP contribution in [0, 0.1) is 0 Å². The van der Waals surface area contributed by atoms with Gasteiger partial charge in [-0.2, -0.15) is 4.57 Å². The van der Waals surface area contributed by atoms with Crippen molar-refractivity contribution < 1.29 is 13.7 Å². The molecule has 0 aliphatic heterocycles. The number of fused-ring (bicyclic) bond motifs is 1. The van der Waals surface area contributed by atoms with Gasteiger partial charge in [-0.05, 0) is 47.6 Å². The predicted octanol–water partition coefficient (Wildman–Crippen LogP) is 3.96. The summed E-state index contributed by atoms with van der Waals surface area (Å²) in [5.74, 6) is 0.873. The second-order valence-corrected chi connectivity index (χ2v) is 6.02. The molecule has 104 valence electrons. The largest absolute Gasteiger partial charge is 0.399 e. The summed E-state index contributed by atoms with van der Waals surface area (Å²) in [6.45, 7) is 12.5. The van der Waals surface area contributed by atoms with Crippen LogP contribution in [0.2, 0.25) is 0 Å². The number of rotatable bonds is 4. The van der Waals surface area contributed by atoms with E-state index < -0.39 is 5.60 Å². The first-order valence-electron chi connectivity index (χ1n) is 6.94. The molecule has 0 N–H and O–H groups in total. The second-order valence-electron chi connectivity index (χ2n) is 6.02. The Morgan fingerprint density at radius 3 is 2.32 bits per heavy atom. The summed E-state index contributed by atoms with van der Waals surface area (Å²) in [4.78, 5) is 0. The minimum absolute atomic E-state index is 0.156. The third-order valence-corrected chi connectivity index (χ3v) is 3.11. The van der Waals surface area contributed by atoms with Crippen LogP contribution in [-0.2, 0) is 10.3 Å². The normalized spacial score (nSPS) is 12.8. The number of hydrogen-bond donors (Lipinski definition) is 0. The lowest BCUT2D eigenvalue weighted by molar-refractivity contribution is -0.710. The number of oxazole rings is 1. The fraction of sp³-hybridized carbons (Fsp3) is 0.562. The van der Waals surface area contributed by atoms with E-state index in [0.29, 0.717) is 6.04 Å². The highest BCUT2D eigenvalue weighted by Crippen LogP contribution is 2.28. The van der Waals surface area contributed by atoms with E-state index in [-0.39, 0.29) is 6.10 Å².